The molecule has 1 rings (SSSR count). The fraction of sp³-hybridized carbons (Fsp3) is 0.611. The topological polar surface area (TPSA) is 89.3 Å². The molecular formula is C18H30N2O2. The second-order valence-corrected chi connectivity index (χ2v) is 7.47. The van der Waals surface area contributed by atoms with Crippen LogP contribution in [-0.4, -0.2) is 17.6 Å². The van der Waals surface area contributed by atoms with Crippen LogP contribution in [0.25, 0.3) is 0 Å². The number of rotatable bonds is 6. The molecule has 0 saturated carbocycles. The Labute approximate surface area is 133 Å². The third-order valence-electron chi connectivity index (χ3n) is 4.22. The molecule has 1 aromatic carbocycles. The van der Waals surface area contributed by atoms with Crippen molar-refractivity contribution in [2.45, 2.75) is 46.5 Å². The molecule has 0 aliphatic carbocycles. The van der Waals surface area contributed by atoms with Gasteiger partial charge < -0.3 is 16.6 Å². The number of hydrogen-bond donors (Lipinski definition) is 3. The molecule has 1 aromatic rings. The zero-order valence-corrected chi connectivity index (χ0v) is 14.4. The Balaban J connectivity index is 3.09. The van der Waals surface area contributed by atoms with Crippen LogP contribution in [-0.2, 0) is 16.6 Å². The Kier molecular flexibility index (Phi) is 6.00. The van der Waals surface area contributed by atoms with Gasteiger partial charge >= 0.3 is 0 Å². The Morgan fingerprint density at radius 3 is 2.27 bits per heavy atom. The van der Waals surface area contributed by atoms with Gasteiger partial charge in [0, 0.05) is 5.92 Å². The van der Waals surface area contributed by atoms with Gasteiger partial charge in [-0.3, -0.25) is 4.79 Å². The number of phenolic OH excluding ortho intramolecular Hbond substituents is 1. The maximum Gasteiger partial charge on any atom is 0.221 e. The zero-order valence-electron chi connectivity index (χ0n) is 14.4. The predicted molar refractivity (Wildman–Crippen MR) is 90.6 cm³/mol. The Hall–Kier alpha value is -1.55. The summed E-state index contributed by atoms with van der Waals surface area (Å²) in [6.07, 6.45) is 0.686. The van der Waals surface area contributed by atoms with E-state index in [0.717, 1.165) is 11.1 Å². The van der Waals surface area contributed by atoms with Crippen LogP contribution in [0.4, 0.5) is 0 Å². The van der Waals surface area contributed by atoms with Gasteiger partial charge in [0.15, 0.2) is 0 Å². The maximum atomic E-state index is 11.7. The lowest BCUT2D eigenvalue weighted by atomic mass is 9.78. The Bertz CT molecular complexity index is 518. The quantitative estimate of drug-likeness (QED) is 0.754. The monoisotopic (exact) mass is 306 g/mol. The van der Waals surface area contributed by atoms with Crippen LogP contribution in [0.5, 0.6) is 5.75 Å². The number of phenols is 1. The van der Waals surface area contributed by atoms with Crippen LogP contribution in [0.15, 0.2) is 18.2 Å². The van der Waals surface area contributed by atoms with Crippen molar-refractivity contribution >= 4 is 5.91 Å². The van der Waals surface area contributed by atoms with Gasteiger partial charge in [-0.25, -0.2) is 0 Å². The van der Waals surface area contributed by atoms with E-state index in [-0.39, 0.29) is 29.1 Å². The number of nitrogens with two attached hydrogens (primary N) is 2. The second-order valence-electron chi connectivity index (χ2n) is 7.47. The number of carbonyl (C=O) groups is 1. The molecule has 2 atom stereocenters. The highest BCUT2D eigenvalue weighted by Crippen LogP contribution is 2.32. The van der Waals surface area contributed by atoms with Crippen LogP contribution < -0.4 is 11.5 Å². The first-order chi connectivity index (χ1) is 10.1. The number of aromatic hydroxyl groups is 1. The van der Waals surface area contributed by atoms with Crippen LogP contribution in [0.1, 0.15) is 45.7 Å². The molecule has 0 heterocycles. The minimum absolute atomic E-state index is 0.00913. The molecule has 0 radical (unpaired) electrons. The van der Waals surface area contributed by atoms with Gasteiger partial charge in [0.25, 0.3) is 0 Å². The lowest BCUT2D eigenvalue weighted by Gasteiger charge is -2.27. The fourth-order valence-electron chi connectivity index (χ4n) is 3.08. The highest BCUT2D eigenvalue weighted by atomic mass is 16.3. The van der Waals surface area contributed by atoms with Crippen LogP contribution >= 0.6 is 0 Å². The first-order valence-electron chi connectivity index (χ1n) is 7.89. The van der Waals surface area contributed by atoms with E-state index in [1.54, 1.807) is 6.07 Å². The molecule has 1 amide bonds. The summed E-state index contributed by atoms with van der Waals surface area (Å²) in [6, 6.07) is 5.63. The number of carbonyl (C=O) groups excluding carboxylic acids is 1. The van der Waals surface area contributed by atoms with E-state index in [2.05, 4.69) is 20.8 Å². The molecule has 0 bridgehead atoms. The minimum atomic E-state index is -0.291. The van der Waals surface area contributed by atoms with Crippen molar-refractivity contribution in [2.24, 2.45) is 29.2 Å². The molecule has 22 heavy (non-hydrogen) atoms. The Morgan fingerprint density at radius 1 is 1.27 bits per heavy atom. The SMILES string of the molecule is CC(C)C(C(N)=O)C(CN)Cc1ccc(O)c(C(C)(C)C)c1. The standard InChI is InChI=1S/C18H30N2O2/c1-11(2)16(17(20)22)13(10-19)8-12-6-7-15(21)14(9-12)18(3,4)5/h6-7,9,11,13,16,21H,8,10,19H2,1-5H3,(H2,20,22). The first-order valence-corrected chi connectivity index (χ1v) is 7.89. The van der Waals surface area contributed by atoms with E-state index in [9.17, 15) is 9.90 Å². The molecule has 0 spiro atoms. The molecule has 2 unspecified atom stereocenters. The summed E-state index contributed by atoms with van der Waals surface area (Å²) < 4.78 is 0. The van der Waals surface area contributed by atoms with E-state index in [0.29, 0.717) is 18.7 Å². The van der Waals surface area contributed by atoms with E-state index in [1.807, 2.05) is 26.0 Å². The van der Waals surface area contributed by atoms with Crippen LogP contribution in [0.3, 0.4) is 0 Å². The summed E-state index contributed by atoms with van der Waals surface area (Å²) in [4.78, 5) is 11.7. The van der Waals surface area contributed by atoms with Crippen molar-refractivity contribution in [2.75, 3.05) is 6.54 Å². The van der Waals surface area contributed by atoms with E-state index < -0.39 is 0 Å². The fourth-order valence-corrected chi connectivity index (χ4v) is 3.08. The number of primary amides is 1. The smallest absolute Gasteiger partial charge is 0.221 e. The normalized spacial score (nSPS) is 14.9. The van der Waals surface area contributed by atoms with Crippen molar-refractivity contribution < 1.29 is 9.90 Å². The molecule has 0 aliphatic heterocycles. The van der Waals surface area contributed by atoms with Gasteiger partial charge in [-0.05, 0) is 47.4 Å². The van der Waals surface area contributed by atoms with Gasteiger partial charge in [-0.15, -0.1) is 0 Å². The van der Waals surface area contributed by atoms with Crippen molar-refractivity contribution in [3.63, 3.8) is 0 Å². The van der Waals surface area contributed by atoms with E-state index >= 15 is 0 Å². The van der Waals surface area contributed by atoms with Gasteiger partial charge in [0.05, 0.1) is 0 Å². The van der Waals surface area contributed by atoms with E-state index in [1.165, 1.54) is 0 Å². The number of hydrogen-bond acceptors (Lipinski definition) is 3. The minimum Gasteiger partial charge on any atom is -0.508 e. The third-order valence-corrected chi connectivity index (χ3v) is 4.22. The summed E-state index contributed by atoms with van der Waals surface area (Å²) in [6.45, 7) is 10.6. The molecule has 0 saturated heterocycles. The van der Waals surface area contributed by atoms with Crippen molar-refractivity contribution in [1.29, 1.82) is 0 Å². The summed E-state index contributed by atoms with van der Waals surface area (Å²) in [7, 11) is 0. The first kappa shape index (κ1) is 18.5. The van der Waals surface area contributed by atoms with Crippen molar-refractivity contribution in [3.05, 3.63) is 29.3 Å². The average Bonchev–Trinajstić information content (AvgIpc) is 2.37. The zero-order chi connectivity index (χ0) is 17.1. The van der Waals surface area contributed by atoms with Crippen molar-refractivity contribution in [1.82, 2.24) is 0 Å². The second kappa shape index (κ2) is 7.14. The van der Waals surface area contributed by atoms with Crippen LogP contribution in [0, 0.1) is 17.8 Å². The van der Waals surface area contributed by atoms with Crippen molar-refractivity contribution in [3.8, 4) is 5.75 Å². The highest BCUT2D eigenvalue weighted by molar-refractivity contribution is 5.77. The highest BCUT2D eigenvalue weighted by Gasteiger charge is 2.29. The maximum absolute atomic E-state index is 11.7. The number of amides is 1. The Morgan fingerprint density at radius 2 is 1.86 bits per heavy atom. The molecule has 5 N–H and O–H groups in total. The molecule has 124 valence electrons. The van der Waals surface area contributed by atoms with Gasteiger partial charge in [0.2, 0.25) is 5.91 Å². The molecule has 4 nitrogen and oxygen atoms in total. The predicted octanol–water partition coefficient (Wildman–Crippen LogP) is 2.56. The third kappa shape index (κ3) is 4.47. The van der Waals surface area contributed by atoms with Gasteiger partial charge in [-0.2, -0.15) is 0 Å². The molecule has 0 aliphatic rings. The summed E-state index contributed by atoms with van der Waals surface area (Å²) in [5.41, 5.74) is 13.3. The number of benzene rings is 1. The molecule has 0 aromatic heterocycles. The lowest BCUT2D eigenvalue weighted by Crippen LogP contribution is -2.38. The summed E-state index contributed by atoms with van der Waals surface area (Å²) in [5, 5.41) is 10.0. The van der Waals surface area contributed by atoms with Gasteiger partial charge in [0.1, 0.15) is 5.75 Å². The average molecular weight is 306 g/mol. The molecule has 4 heteroatoms. The molecular weight excluding hydrogens is 276 g/mol. The summed E-state index contributed by atoms with van der Waals surface area (Å²) >= 11 is 0. The summed E-state index contributed by atoms with van der Waals surface area (Å²) in [5.74, 6) is -0.0619. The van der Waals surface area contributed by atoms with Crippen LogP contribution in [0.2, 0.25) is 0 Å². The van der Waals surface area contributed by atoms with Gasteiger partial charge in [-0.1, -0.05) is 46.8 Å². The lowest BCUT2D eigenvalue weighted by molar-refractivity contribution is -0.124. The largest absolute Gasteiger partial charge is 0.508 e. The van der Waals surface area contributed by atoms with E-state index in [4.69, 9.17) is 11.5 Å². The molecule has 0 fully saturated rings.